The van der Waals surface area contributed by atoms with Crippen molar-refractivity contribution < 1.29 is 46.1 Å². The van der Waals surface area contributed by atoms with Crippen LogP contribution < -0.4 is 10.2 Å². The van der Waals surface area contributed by atoms with E-state index in [2.05, 4.69) is 0 Å². The van der Waals surface area contributed by atoms with Gasteiger partial charge in [0.05, 0.1) is 0 Å². The second-order valence-electron chi connectivity index (χ2n) is 0.250. The van der Waals surface area contributed by atoms with Crippen molar-refractivity contribution in [2.24, 2.45) is 0 Å². The summed E-state index contributed by atoms with van der Waals surface area (Å²) in [6.07, 6.45) is -2.33. The largest absolute Gasteiger partial charge is 2.00 e. The predicted octanol–water partition coefficient (Wildman–Crippen LogP) is -2.45. The molecule has 0 aromatic rings. The Morgan fingerprint density at radius 3 is 1.40 bits per heavy atom. The average Bonchev–Trinajstić information content (AvgIpc) is 0.811. The minimum atomic E-state index is -2.33. The molecule has 0 spiro atoms. The van der Waals surface area contributed by atoms with E-state index in [4.69, 9.17) is 15.0 Å². The molecule has 0 aromatic heterocycles. The average molecular weight is 298 g/mol. The summed E-state index contributed by atoms with van der Waals surface area (Å²) in [5.41, 5.74) is 0. The van der Waals surface area contributed by atoms with Gasteiger partial charge in [0.15, 0.2) is 0 Å². The normalized spacial score (nSPS) is 4.80. The standard InChI is InChI=1S/CH2O3.U/c2-1(3)4;/h(H2,2,3,4);/q;+2/p-2. The molecular weight excluding hydrogens is 298 g/mol. The van der Waals surface area contributed by atoms with Gasteiger partial charge in [-0.2, -0.15) is 0 Å². The zero-order valence-electron chi connectivity index (χ0n) is 2.22. The van der Waals surface area contributed by atoms with Gasteiger partial charge in [0, 0.05) is 0 Å². The second kappa shape index (κ2) is 4.32. The molecule has 0 N–H and O–H groups in total. The first-order valence-electron chi connectivity index (χ1n) is 0.612. The molecule has 0 amide bonds. The van der Waals surface area contributed by atoms with Gasteiger partial charge in [0.2, 0.25) is 0 Å². The molecule has 0 unspecified atom stereocenters. The Morgan fingerprint density at radius 1 is 1.40 bits per heavy atom. The number of rotatable bonds is 0. The topological polar surface area (TPSA) is 63.2 Å². The van der Waals surface area contributed by atoms with E-state index in [0.29, 0.717) is 0 Å². The molecule has 0 aliphatic carbocycles. The summed E-state index contributed by atoms with van der Waals surface area (Å²) in [4.78, 5) is 8.33. The number of carbonyl (C=O) groups is 1. The smallest absolute Gasteiger partial charge is 0.652 e. The molecule has 0 saturated heterocycles. The van der Waals surface area contributed by atoms with Crippen molar-refractivity contribution in [3.63, 3.8) is 0 Å². The quantitative estimate of drug-likeness (QED) is 0.499. The molecule has 0 heterocycles. The van der Waals surface area contributed by atoms with Crippen LogP contribution in [0, 0.1) is 31.1 Å². The van der Waals surface area contributed by atoms with Gasteiger partial charge >= 0.3 is 31.1 Å². The predicted molar refractivity (Wildman–Crippen MR) is 5.40 cm³/mol. The molecule has 0 rings (SSSR count). The Balaban J connectivity index is 0. The molecule has 0 radical (unpaired) electrons. The first-order valence-corrected chi connectivity index (χ1v) is 0.612. The maximum Gasteiger partial charge on any atom is 2.00 e. The summed E-state index contributed by atoms with van der Waals surface area (Å²) in [5.74, 6) is 0. The molecule has 0 saturated carbocycles. The molecule has 0 atom stereocenters. The van der Waals surface area contributed by atoms with Crippen molar-refractivity contribution in [3.05, 3.63) is 0 Å². The third kappa shape index (κ3) is 225. The van der Waals surface area contributed by atoms with Crippen LogP contribution in [0.4, 0.5) is 4.79 Å². The Bertz CT molecular complexity index is 29.9. The molecule has 0 bridgehead atoms. The minimum Gasteiger partial charge on any atom is -0.652 e. The maximum atomic E-state index is 8.33. The van der Waals surface area contributed by atoms with Crippen LogP contribution in [-0.4, -0.2) is 6.16 Å². The van der Waals surface area contributed by atoms with Gasteiger partial charge < -0.3 is 15.0 Å². The van der Waals surface area contributed by atoms with Gasteiger partial charge in [0.25, 0.3) is 0 Å². The van der Waals surface area contributed by atoms with Crippen molar-refractivity contribution in [2.45, 2.75) is 0 Å². The minimum absolute atomic E-state index is 0. The van der Waals surface area contributed by atoms with Crippen LogP contribution in [0.3, 0.4) is 0 Å². The summed E-state index contributed by atoms with van der Waals surface area (Å²) in [6, 6.07) is 0. The fraction of sp³-hybridized carbons (Fsp3) is 0. The van der Waals surface area contributed by atoms with Crippen molar-refractivity contribution in [1.82, 2.24) is 0 Å². The molecule has 0 aliphatic heterocycles. The van der Waals surface area contributed by atoms with Crippen LogP contribution in [0.25, 0.3) is 0 Å². The van der Waals surface area contributed by atoms with Gasteiger partial charge in [-0.15, -0.1) is 0 Å². The summed E-state index contributed by atoms with van der Waals surface area (Å²) in [6.45, 7) is 0. The second-order valence-corrected chi connectivity index (χ2v) is 0.250. The molecule has 5 heavy (non-hydrogen) atoms. The maximum absolute atomic E-state index is 8.33. The molecule has 3 nitrogen and oxygen atoms in total. The summed E-state index contributed by atoms with van der Waals surface area (Å²) in [5, 5.41) is 16.7. The van der Waals surface area contributed by atoms with Gasteiger partial charge in [-0.25, -0.2) is 0 Å². The first kappa shape index (κ1) is 9.01. The molecule has 0 aliphatic rings. The Labute approximate surface area is 52.4 Å². The Morgan fingerprint density at radius 2 is 1.40 bits per heavy atom. The van der Waals surface area contributed by atoms with E-state index in [1.807, 2.05) is 0 Å². The van der Waals surface area contributed by atoms with E-state index in [1.54, 1.807) is 0 Å². The van der Waals surface area contributed by atoms with E-state index in [1.165, 1.54) is 0 Å². The molecule has 0 fully saturated rings. The van der Waals surface area contributed by atoms with Crippen molar-refractivity contribution in [3.8, 4) is 0 Å². The van der Waals surface area contributed by atoms with Crippen LogP contribution in [0.15, 0.2) is 0 Å². The number of carbonyl (C=O) groups excluding carboxylic acids is 1. The molecule has 4 heteroatoms. The van der Waals surface area contributed by atoms with Gasteiger partial charge in [-0.3, -0.25) is 0 Å². The fourth-order valence-electron chi connectivity index (χ4n) is 0. The first-order chi connectivity index (χ1) is 1.73. The van der Waals surface area contributed by atoms with Crippen LogP contribution in [0.5, 0.6) is 0 Å². The van der Waals surface area contributed by atoms with Gasteiger partial charge in [-0.1, -0.05) is 0 Å². The van der Waals surface area contributed by atoms with E-state index in [9.17, 15) is 0 Å². The van der Waals surface area contributed by atoms with Crippen molar-refractivity contribution in [1.29, 1.82) is 0 Å². The van der Waals surface area contributed by atoms with Gasteiger partial charge in [0.1, 0.15) is 0 Å². The number of hydrogen-bond donors (Lipinski definition) is 0. The van der Waals surface area contributed by atoms with Crippen LogP contribution in [0.1, 0.15) is 0 Å². The Hall–Kier alpha value is 0.322. The van der Waals surface area contributed by atoms with E-state index >= 15 is 0 Å². The van der Waals surface area contributed by atoms with Crippen molar-refractivity contribution in [2.75, 3.05) is 0 Å². The fourth-order valence-corrected chi connectivity index (χ4v) is 0. The molecule has 26 valence electrons. The van der Waals surface area contributed by atoms with E-state index in [-0.39, 0.29) is 31.1 Å². The number of carboxylic acid groups (broad SMARTS) is 2. The molecular formula is CO3U. The molecule has 0 aromatic carbocycles. The van der Waals surface area contributed by atoms with Crippen LogP contribution >= 0.6 is 0 Å². The monoisotopic (exact) mass is 298 g/mol. The summed E-state index contributed by atoms with van der Waals surface area (Å²) in [7, 11) is 0. The zero-order chi connectivity index (χ0) is 3.58. The van der Waals surface area contributed by atoms with Crippen molar-refractivity contribution >= 4 is 6.16 Å². The third-order valence-electron chi connectivity index (χ3n) is 0. The van der Waals surface area contributed by atoms with Crippen LogP contribution in [0.2, 0.25) is 0 Å². The zero-order valence-corrected chi connectivity index (χ0v) is 6.39. The summed E-state index contributed by atoms with van der Waals surface area (Å²) >= 11 is 0. The van der Waals surface area contributed by atoms with Gasteiger partial charge in [-0.05, 0) is 6.16 Å². The third-order valence-corrected chi connectivity index (χ3v) is 0. The van der Waals surface area contributed by atoms with E-state index in [0.717, 1.165) is 0 Å². The van der Waals surface area contributed by atoms with Crippen LogP contribution in [-0.2, 0) is 0 Å². The Kier molecular flexibility index (Phi) is 7.79. The van der Waals surface area contributed by atoms with E-state index < -0.39 is 6.16 Å². The number of hydrogen-bond acceptors (Lipinski definition) is 3. The summed E-state index contributed by atoms with van der Waals surface area (Å²) < 4.78 is 0. The SMILES string of the molecule is O=C([O-])[O-].[U+2].